The summed E-state index contributed by atoms with van der Waals surface area (Å²) in [7, 11) is 0. The van der Waals surface area contributed by atoms with E-state index in [-0.39, 0.29) is 5.91 Å². The minimum atomic E-state index is -0.0404. The van der Waals surface area contributed by atoms with Crippen molar-refractivity contribution in [3.63, 3.8) is 0 Å². The molecule has 0 aromatic heterocycles. The van der Waals surface area contributed by atoms with Crippen molar-refractivity contribution in [2.45, 2.75) is 26.8 Å². The van der Waals surface area contributed by atoms with Crippen LogP contribution in [0.25, 0.3) is 0 Å². The van der Waals surface area contributed by atoms with E-state index in [1.807, 2.05) is 38.1 Å². The van der Waals surface area contributed by atoms with Gasteiger partial charge in [0.1, 0.15) is 0 Å². The molecule has 0 fully saturated rings. The molecule has 0 saturated heterocycles. The lowest BCUT2D eigenvalue weighted by molar-refractivity contribution is 0.102. The van der Waals surface area contributed by atoms with Crippen molar-refractivity contribution in [3.05, 3.63) is 64.2 Å². The van der Waals surface area contributed by atoms with Gasteiger partial charge in [0, 0.05) is 17.8 Å². The first-order valence-corrected chi connectivity index (χ1v) is 7.34. The molecule has 0 saturated carbocycles. The van der Waals surface area contributed by atoms with Crippen LogP contribution in [0.1, 0.15) is 32.6 Å². The van der Waals surface area contributed by atoms with E-state index in [9.17, 15) is 4.79 Å². The summed E-state index contributed by atoms with van der Waals surface area (Å²) >= 11 is 0. The number of carbonyl (C=O) groups excluding carboxylic acids is 1. The Balaban J connectivity index is 1.82. The van der Waals surface area contributed by atoms with E-state index in [0.29, 0.717) is 0 Å². The van der Waals surface area contributed by atoms with Crippen molar-refractivity contribution in [1.29, 1.82) is 0 Å². The second kappa shape index (κ2) is 5.70. The predicted octanol–water partition coefficient (Wildman–Crippen LogP) is 3.20. The molecule has 2 aromatic rings. The Morgan fingerprint density at radius 3 is 2.57 bits per heavy atom. The van der Waals surface area contributed by atoms with Crippen molar-refractivity contribution in [1.82, 2.24) is 5.32 Å². The largest absolute Gasteiger partial charge is 0.322 e. The summed E-state index contributed by atoms with van der Waals surface area (Å²) in [4.78, 5) is 12.4. The third-order valence-corrected chi connectivity index (χ3v) is 3.83. The van der Waals surface area contributed by atoms with Crippen LogP contribution in [0.3, 0.4) is 0 Å². The lowest BCUT2D eigenvalue weighted by atomic mass is 9.98. The third kappa shape index (κ3) is 3.14. The molecule has 0 unspecified atom stereocenters. The number of amides is 1. The molecular formula is C18H20N2O. The maximum absolute atomic E-state index is 12.4. The Morgan fingerprint density at radius 2 is 1.81 bits per heavy atom. The van der Waals surface area contributed by atoms with Crippen LogP contribution < -0.4 is 10.6 Å². The highest BCUT2D eigenvalue weighted by atomic mass is 16.1. The Bertz CT molecular complexity index is 671. The second-order valence-electron chi connectivity index (χ2n) is 5.74. The number of rotatable bonds is 2. The van der Waals surface area contributed by atoms with E-state index in [0.717, 1.165) is 41.9 Å². The summed E-state index contributed by atoms with van der Waals surface area (Å²) in [5.74, 6) is -0.0404. The predicted molar refractivity (Wildman–Crippen MR) is 85.7 cm³/mol. The van der Waals surface area contributed by atoms with Gasteiger partial charge in [-0.05, 0) is 73.3 Å². The van der Waals surface area contributed by atoms with E-state index in [1.165, 1.54) is 11.1 Å². The normalized spacial score (nSPS) is 13.6. The standard InChI is InChI=1S/C18H20N2O/c1-12-7-13(2)9-17(8-12)20-18(21)15-3-4-16-11-19-6-5-14(16)10-15/h3-4,7-10,19H,5-6,11H2,1-2H3,(H,20,21). The Morgan fingerprint density at radius 1 is 1.05 bits per heavy atom. The van der Waals surface area contributed by atoms with Crippen LogP contribution in [-0.2, 0) is 13.0 Å². The van der Waals surface area contributed by atoms with Gasteiger partial charge in [0.2, 0.25) is 0 Å². The zero-order valence-corrected chi connectivity index (χ0v) is 12.5. The minimum absolute atomic E-state index is 0.0404. The number of benzene rings is 2. The zero-order chi connectivity index (χ0) is 14.8. The molecule has 108 valence electrons. The summed E-state index contributed by atoms with van der Waals surface area (Å²) < 4.78 is 0. The zero-order valence-electron chi connectivity index (χ0n) is 12.5. The van der Waals surface area contributed by atoms with Crippen LogP contribution in [0.4, 0.5) is 5.69 Å². The third-order valence-electron chi connectivity index (χ3n) is 3.83. The Labute approximate surface area is 125 Å². The number of hydrogen-bond donors (Lipinski definition) is 2. The van der Waals surface area contributed by atoms with Crippen molar-refractivity contribution in [2.75, 3.05) is 11.9 Å². The van der Waals surface area contributed by atoms with E-state index < -0.39 is 0 Å². The van der Waals surface area contributed by atoms with Gasteiger partial charge in [-0.2, -0.15) is 0 Å². The molecule has 1 aliphatic heterocycles. The summed E-state index contributed by atoms with van der Waals surface area (Å²) in [5, 5.41) is 6.33. The first kappa shape index (κ1) is 13.8. The average Bonchev–Trinajstić information content (AvgIpc) is 2.45. The first-order valence-electron chi connectivity index (χ1n) is 7.34. The van der Waals surface area contributed by atoms with Crippen LogP contribution in [0, 0.1) is 13.8 Å². The molecule has 3 heteroatoms. The van der Waals surface area contributed by atoms with Crippen LogP contribution in [0.15, 0.2) is 36.4 Å². The highest BCUT2D eigenvalue weighted by Gasteiger charge is 2.12. The van der Waals surface area contributed by atoms with Crippen LogP contribution in [0.2, 0.25) is 0 Å². The van der Waals surface area contributed by atoms with Crippen LogP contribution in [0.5, 0.6) is 0 Å². The number of nitrogens with one attached hydrogen (secondary N) is 2. The molecule has 3 nitrogen and oxygen atoms in total. The number of carbonyl (C=O) groups is 1. The Kier molecular flexibility index (Phi) is 3.76. The molecule has 0 bridgehead atoms. The van der Waals surface area contributed by atoms with Crippen molar-refractivity contribution in [3.8, 4) is 0 Å². The molecule has 1 aliphatic rings. The van der Waals surface area contributed by atoms with Crippen LogP contribution in [-0.4, -0.2) is 12.5 Å². The molecule has 2 aromatic carbocycles. The fraction of sp³-hybridized carbons (Fsp3) is 0.278. The number of fused-ring (bicyclic) bond motifs is 1. The number of hydrogen-bond acceptors (Lipinski definition) is 2. The molecule has 1 heterocycles. The van der Waals surface area contributed by atoms with Gasteiger partial charge >= 0.3 is 0 Å². The maximum Gasteiger partial charge on any atom is 0.255 e. The molecule has 0 aliphatic carbocycles. The van der Waals surface area contributed by atoms with E-state index in [1.54, 1.807) is 0 Å². The Hall–Kier alpha value is -2.13. The van der Waals surface area contributed by atoms with Gasteiger partial charge < -0.3 is 10.6 Å². The SMILES string of the molecule is Cc1cc(C)cc(NC(=O)c2ccc3c(c2)CCNC3)c1. The molecule has 21 heavy (non-hydrogen) atoms. The quantitative estimate of drug-likeness (QED) is 0.887. The molecule has 0 radical (unpaired) electrons. The molecule has 2 N–H and O–H groups in total. The van der Waals surface area contributed by atoms with Crippen molar-refractivity contribution in [2.24, 2.45) is 0 Å². The van der Waals surface area contributed by atoms with Crippen LogP contribution >= 0.6 is 0 Å². The summed E-state index contributed by atoms with van der Waals surface area (Å²) in [6.07, 6.45) is 0.986. The molecule has 0 spiro atoms. The summed E-state index contributed by atoms with van der Waals surface area (Å²) in [5.41, 5.74) is 6.47. The van der Waals surface area contributed by atoms with Crippen molar-refractivity contribution >= 4 is 11.6 Å². The lowest BCUT2D eigenvalue weighted by Gasteiger charge is -2.17. The smallest absolute Gasteiger partial charge is 0.255 e. The minimum Gasteiger partial charge on any atom is -0.322 e. The fourth-order valence-corrected chi connectivity index (χ4v) is 2.87. The van der Waals surface area contributed by atoms with Gasteiger partial charge in [0.15, 0.2) is 0 Å². The first-order chi connectivity index (χ1) is 10.1. The van der Waals surface area contributed by atoms with Gasteiger partial charge in [-0.3, -0.25) is 4.79 Å². The van der Waals surface area contributed by atoms with Gasteiger partial charge in [0.25, 0.3) is 5.91 Å². The van der Waals surface area contributed by atoms with E-state index >= 15 is 0 Å². The maximum atomic E-state index is 12.4. The van der Waals surface area contributed by atoms with Crippen molar-refractivity contribution < 1.29 is 4.79 Å². The van der Waals surface area contributed by atoms with Gasteiger partial charge in [-0.1, -0.05) is 12.1 Å². The molecule has 1 amide bonds. The van der Waals surface area contributed by atoms with E-state index in [2.05, 4.69) is 22.8 Å². The molecule has 0 atom stereocenters. The monoisotopic (exact) mass is 280 g/mol. The lowest BCUT2D eigenvalue weighted by Crippen LogP contribution is -2.24. The summed E-state index contributed by atoms with van der Waals surface area (Å²) in [6, 6.07) is 12.1. The van der Waals surface area contributed by atoms with E-state index in [4.69, 9.17) is 0 Å². The van der Waals surface area contributed by atoms with Gasteiger partial charge in [-0.25, -0.2) is 0 Å². The molecule has 3 rings (SSSR count). The fourth-order valence-electron chi connectivity index (χ4n) is 2.87. The highest BCUT2D eigenvalue weighted by molar-refractivity contribution is 6.04. The number of aryl methyl sites for hydroxylation is 2. The van der Waals surface area contributed by atoms with Gasteiger partial charge in [-0.15, -0.1) is 0 Å². The number of anilines is 1. The topological polar surface area (TPSA) is 41.1 Å². The summed E-state index contributed by atoms with van der Waals surface area (Å²) in [6.45, 7) is 5.95. The molecular weight excluding hydrogens is 260 g/mol. The second-order valence-corrected chi connectivity index (χ2v) is 5.74. The highest BCUT2D eigenvalue weighted by Crippen LogP contribution is 2.18. The van der Waals surface area contributed by atoms with Gasteiger partial charge in [0.05, 0.1) is 0 Å². The average molecular weight is 280 g/mol.